The Hall–Kier alpha value is -0.250. The average molecular weight is 198 g/mol. The van der Waals surface area contributed by atoms with E-state index in [1.165, 1.54) is 0 Å². The maximum atomic E-state index is 11.6. The highest BCUT2D eigenvalue weighted by atomic mass is 19.4. The summed E-state index contributed by atoms with van der Waals surface area (Å²) in [5.74, 6) is 0.905. The van der Waals surface area contributed by atoms with Crippen LogP contribution < -0.4 is 0 Å². The lowest BCUT2D eigenvalue weighted by molar-refractivity contribution is -0.174. The molecular weight excluding hydrogens is 181 g/mol. The molecule has 1 nitrogen and oxygen atoms in total. The van der Waals surface area contributed by atoms with Gasteiger partial charge in [0.15, 0.2) is 0 Å². The molecule has 0 amide bonds. The van der Waals surface area contributed by atoms with Crippen LogP contribution in [-0.2, 0) is 4.74 Å². The highest BCUT2D eigenvalue weighted by Crippen LogP contribution is 2.17. The lowest BCUT2D eigenvalue weighted by atomic mass is 9.95. The molecule has 0 heterocycles. The number of rotatable bonds is 5. The van der Waals surface area contributed by atoms with Crippen molar-refractivity contribution < 1.29 is 17.9 Å². The molecule has 0 aliphatic rings. The fourth-order valence-corrected chi connectivity index (χ4v) is 0.790. The molecule has 0 N–H and O–H groups in total. The van der Waals surface area contributed by atoms with Crippen LogP contribution in [0.4, 0.5) is 13.2 Å². The van der Waals surface area contributed by atoms with Crippen LogP contribution in [-0.4, -0.2) is 19.4 Å². The van der Waals surface area contributed by atoms with E-state index in [1.807, 2.05) is 6.92 Å². The van der Waals surface area contributed by atoms with Crippen LogP contribution in [0.1, 0.15) is 27.2 Å². The van der Waals surface area contributed by atoms with Gasteiger partial charge in [-0.3, -0.25) is 0 Å². The van der Waals surface area contributed by atoms with E-state index >= 15 is 0 Å². The summed E-state index contributed by atoms with van der Waals surface area (Å²) < 4.78 is 39.3. The van der Waals surface area contributed by atoms with Gasteiger partial charge in [0.05, 0.1) is 0 Å². The molecular formula is C9H17F3O. The van der Waals surface area contributed by atoms with E-state index in [0.717, 1.165) is 0 Å². The molecule has 0 aromatic rings. The molecule has 0 radical (unpaired) electrons. The number of halogens is 3. The molecule has 4 heteroatoms. The Bertz CT molecular complexity index is 131. The van der Waals surface area contributed by atoms with Crippen molar-refractivity contribution in [2.24, 2.45) is 11.8 Å². The molecule has 1 atom stereocenters. The van der Waals surface area contributed by atoms with Crippen LogP contribution >= 0.6 is 0 Å². The smallest absolute Gasteiger partial charge is 0.372 e. The first-order valence-electron chi connectivity index (χ1n) is 4.47. The molecule has 1 unspecified atom stereocenters. The van der Waals surface area contributed by atoms with Crippen molar-refractivity contribution in [1.82, 2.24) is 0 Å². The molecule has 0 aromatic carbocycles. The predicted octanol–water partition coefficient (Wildman–Crippen LogP) is 3.25. The van der Waals surface area contributed by atoms with Gasteiger partial charge in [-0.15, -0.1) is 0 Å². The van der Waals surface area contributed by atoms with E-state index in [0.29, 0.717) is 18.3 Å². The van der Waals surface area contributed by atoms with E-state index in [2.05, 4.69) is 18.6 Å². The lowest BCUT2D eigenvalue weighted by Gasteiger charge is -2.15. The summed E-state index contributed by atoms with van der Waals surface area (Å²) in [6.45, 7) is 5.18. The van der Waals surface area contributed by atoms with Crippen molar-refractivity contribution in [1.29, 1.82) is 0 Å². The Morgan fingerprint density at radius 3 is 2.08 bits per heavy atom. The summed E-state index contributed by atoms with van der Waals surface area (Å²) in [4.78, 5) is 0. The average Bonchev–Trinajstić information content (AvgIpc) is 1.95. The minimum atomic E-state index is -4.19. The van der Waals surface area contributed by atoms with Crippen molar-refractivity contribution in [2.75, 3.05) is 13.2 Å². The molecule has 0 aliphatic heterocycles. The van der Waals surface area contributed by atoms with Crippen molar-refractivity contribution >= 4 is 0 Å². The van der Waals surface area contributed by atoms with Gasteiger partial charge in [0.2, 0.25) is 0 Å². The van der Waals surface area contributed by atoms with Crippen LogP contribution in [0.25, 0.3) is 0 Å². The summed E-state index contributed by atoms with van der Waals surface area (Å²) in [5.41, 5.74) is 0. The van der Waals surface area contributed by atoms with Crippen LogP contribution in [0.2, 0.25) is 0 Å². The lowest BCUT2D eigenvalue weighted by Crippen LogP contribution is -2.18. The second-order valence-electron chi connectivity index (χ2n) is 3.68. The van der Waals surface area contributed by atoms with E-state index in [1.54, 1.807) is 0 Å². The van der Waals surface area contributed by atoms with E-state index in [4.69, 9.17) is 0 Å². The van der Waals surface area contributed by atoms with Crippen LogP contribution in [0.5, 0.6) is 0 Å². The van der Waals surface area contributed by atoms with Gasteiger partial charge in [-0.25, -0.2) is 0 Å². The summed E-state index contributed by atoms with van der Waals surface area (Å²) in [6.07, 6.45) is -3.51. The first-order valence-corrected chi connectivity index (χ1v) is 4.47. The maximum Gasteiger partial charge on any atom is 0.411 e. The predicted molar refractivity (Wildman–Crippen MR) is 45.5 cm³/mol. The van der Waals surface area contributed by atoms with Gasteiger partial charge in [-0.2, -0.15) is 13.2 Å². The molecule has 0 spiro atoms. The summed E-state index contributed by atoms with van der Waals surface area (Å²) >= 11 is 0. The van der Waals surface area contributed by atoms with E-state index in [9.17, 15) is 13.2 Å². The largest absolute Gasteiger partial charge is 0.411 e. The molecule has 80 valence electrons. The highest BCUT2D eigenvalue weighted by Gasteiger charge is 2.27. The van der Waals surface area contributed by atoms with Gasteiger partial charge in [0, 0.05) is 6.61 Å². The quantitative estimate of drug-likeness (QED) is 0.616. The van der Waals surface area contributed by atoms with Crippen LogP contribution in [0, 0.1) is 11.8 Å². The molecule has 0 aliphatic carbocycles. The zero-order chi connectivity index (χ0) is 10.5. The second kappa shape index (κ2) is 5.47. The Labute approximate surface area is 77.3 Å². The summed E-state index contributed by atoms with van der Waals surface area (Å²) in [7, 11) is 0. The van der Waals surface area contributed by atoms with Crippen molar-refractivity contribution in [3.05, 3.63) is 0 Å². The van der Waals surface area contributed by atoms with Crippen LogP contribution in [0.3, 0.4) is 0 Å². The van der Waals surface area contributed by atoms with E-state index < -0.39 is 12.8 Å². The Morgan fingerprint density at radius 1 is 1.15 bits per heavy atom. The highest BCUT2D eigenvalue weighted by molar-refractivity contribution is 4.56. The third kappa shape index (κ3) is 8.09. The SMILES string of the molecule is CC(C)C(C)CCOCC(F)(F)F. The van der Waals surface area contributed by atoms with E-state index in [-0.39, 0.29) is 6.61 Å². The fraction of sp³-hybridized carbons (Fsp3) is 1.00. The Morgan fingerprint density at radius 2 is 1.69 bits per heavy atom. The van der Waals surface area contributed by atoms with Crippen LogP contribution in [0.15, 0.2) is 0 Å². The van der Waals surface area contributed by atoms with Gasteiger partial charge >= 0.3 is 6.18 Å². The molecule has 0 saturated carbocycles. The Balaban J connectivity index is 3.36. The Kier molecular flexibility index (Phi) is 5.37. The summed E-state index contributed by atoms with van der Waals surface area (Å²) in [6, 6.07) is 0. The zero-order valence-corrected chi connectivity index (χ0v) is 8.32. The van der Waals surface area contributed by atoms with Crippen molar-refractivity contribution in [3.63, 3.8) is 0 Å². The number of hydrogen-bond acceptors (Lipinski definition) is 1. The molecule has 0 saturated heterocycles. The van der Waals surface area contributed by atoms with Gasteiger partial charge < -0.3 is 4.74 Å². The molecule has 0 aromatic heterocycles. The molecule has 0 fully saturated rings. The first kappa shape index (κ1) is 12.8. The maximum absolute atomic E-state index is 11.6. The number of ether oxygens (including phenoxy) is 1. The molecule has 13 heavy (non-hydrogen) atoms. The number of hydrogen-bond donors (Lipinski definition) is 0. The van der Waals surface area contributed by atoms with Gasteiger partial charge in [-0.05, 0) is 18.3 Å². The van der Waals surface area contributed by atoms with Crippen molar-refractivity contribution in [3.8, 4) is 0 Å². The van der Waals surface area contributed by atoms with Gasteiger partial charge in [-0.1, -0.05) is 20.8 Å². The van der Waals surface area contributed by atoms with Gasteiger partial charge in [0.1, 0.15) is 6.61 Å². The zero-order valence-electron chi connectivity index (χ0n) is 8.32. The third-order valence-electron chi connectivity index (χ3n) is 2.12. The molecule has 0 bridgehead atoms. The van der Waals surface area contributed by atoms with Gasteiger partial charge in [0.25, 0.3) is 0 Å². The normalized spacial score (nSPS) is 15.0. The monoisotopic (exact) mass is 198 g/mol. The first-order chi connectivity index (χ1) is 5.83. The topological polar surface area (TPSA) is 9.23 Å². The molecule has 0 rings (SSSR count). The third-order valence-corrected chi connectivity index (χ3v) is 2.12. The minimum absolute atomic E-state index is 0.193. The van der Waals surface area contributed by atoms with Crippen molar-refractivity contribution in [2.45, 2.75) is 33.4 Å². The number of alkyl halides is 3. The minimum Gasteiger partial charge on any atom is -0.372 e. The fourth-order valence-electron chi connectivity index (χ4n) is 0.790. The second-order valence-corrected chi connectivity index (χ2v) is 3.68. The summed E-state index contributed by atoms with van der Waals surface area (Å²) in [5, 5.41) is 0. The standard InChI is InChI=1S/C9H17F3O/c1-7(2)8(3)4-5-13-6-9(10,11)12/h7-8H,4-6H2,1-3H3.